The lowest BCUT2D eigenvalue weighted by Gasteiger charge is -2.34. The van der Waals surface area contributed by atoms with Crippen LogP contribution in [0.4, 0.5) is 14.5 Å². The van der Waals surface area contributed by atoms with Gasteiger partial charge in [-0.15, -0.1) is 11.8 Å². The maximum Gasteiger partial charge on any atom is 0.387 e. The van der Waals surface area contributed by atoms with Crippen molar-refractivity contribution in [1.82, 2.24) is 39.1 Å². The van der Waals surface area contributed by atoms with Gasteiger partial charge in [0, 0.05) is 68.3 Å². The van der Waals surface area contributed by atoms with E-state index in [0.717, 1.165) is 18.0 Å². The molecule has 6 rings (SSSR count). The van der Waals surface area contributed by atoms with Gasteiger partial charge in [-0.2, -0.15) is 19.0 Å². The van der Waals surface area contributed by atoms with Gasteiger partial charge < -0.3 is 29.5 Å². The minimum absolute atomic E-state index is 0.0211. The quantitative estimate of drug-likeness (QED) is 0.233. The highest BCUT2D eigenvalue weighted by molar-refractivity contribution is 7.98. The third kappa shape index (κ3) is 8.17. The summed E-state index contributed by atoms with van der Waals surface area (Å²) in [4.78, 5) is 50.2. The molecule has 0 unspecified atom stereocenters. The summed E-state index contributed by atoms with van der Waals surface area (Å²) in [6, 6.07) is 6.38. The number of ether oxygens (including phenoxy) is 2. The van der Waals surface area contributed by atoms with Crippen LogP contribution in [0.5, 0.6) is 5.75 Å². The van der Waals surface area contributed by atoms with E-state index in [1.807, 2.05) is 18.2 Å². The third-order valence-corrected chi connectivity index (χ3v) is 9.31. The van der Waals surface area contributed by atoms with Crippen LogP contribution < -0.4 is 10.1 Å². The van der Waals surface area contributed by atoms with Gasteiger partial charge in [-0.25, -0.2) is 9.50 Å². The second kappa shape index (κ2) is 15.3. The van der Waals surface area contributed by atoms with E-state index in [2.05, 4.69) is 25.4 Å². The summed E-state index contributed by atoms with van der Waals surface area (Å²) in [5.74, 6) is -0.920. The monoisotopic (exact) mass is 697 g/mol. The molecule has 2 saturated heterocycles. The maximum atomic E-state index is 13.5. The molecule has 14 nitrogen and oxygen atoms in total. The maximum absolute atomic E-state index is 13.5. The summed E-state index contributed by atoms with van der Waals surface area (Å²) >= 11 is 1.39. The summed E-state index contributed by atoms with van der Waals surface area (Å²) in [6.45, 7) is 0.693. The average molecular weight is 698 g/mol. The number of rotatable bonds is 11. The number of alkyl halides is 2. The normalized spacial score (nSPS) is 16.0. The largest absolute Gasteiger partial charge is 0.434 e. The number of carbonyl (C=O) groups is 3. The summed E-state index contributed by atoms with van der Waals surface area (Å²) < 4.78 is 40.4. The first-order valence-corrected chi connectivity index (χ1v) is 17.1. The summed E-state index contributed by atoms with van der Waals surface area (Å²) in [5, 5.41) is 11.6. The van der Waals surface area contributed by atoms with E-state index in [1.165, 1.54) is 45.6 Å². The highest BCUT2D eigenvalue weighted by Crippen LogP contribution is 2.38. The predicted molar refractivity (Wildman–Crippen MR) is 177 cm³/mol. The number of nitrogens with zero attached hydrogens (tertiary/aromatic N) is 8. The van der Waals surface area contributed by atoms with Crippen molar-refractivity contribution in [3.63, 3.8) is 0 Å². The van der Waals surface area contributed by atoms with Gasteiger partial charge in [0.25, 0.3) is 5.91 Å². The molecule has 260 valence electrons. The molecule has 49 heavy (non-hydrogen) atoms. The van der Waals surface area contributed by atoms with Gasteiger partial charge in [0.15, 0.2) is 5.65 Å². The lowest BCUT2D eigenvalue weighted by Crippen LogP contribution is -2.49. The number of thioether (sulfide) groups is 1. The Kier molecular flexibility index (Phi) is 10.7. The Balaban J connectivity index is 1.16. The molecule has 2 aliphatic heterocycles. The molecule has 2 aliphatic rings. The van der Waals surface area contributed by atoms with Crippen molar-refractivity contribution in [3.8, 4) is 17.0 Å². The molecule has 5 heterocycles. The molecule has 1 N–H and O–H groups in total. The number of piperazine rings is 1. The molecule has 0 spiro atoms. The number of halogens is 2. The van der Waals surface area contributed by atoms with Crippen LogP contribution in [0.1, 0.15) is 23.2 Å². The molecule has 3 aromatic heterocycles. The number of likely N-dealkylation sites (tertiary alicyclic amines) is 1. The number of aromatic nitrogens is 5. The van der Waals surface area contributed by atoms with Gasteiger partial charge in [0.1, 0.15) is 30.2 Å². The molecule has 17 heteroatoms. The van der Waals surface area contributed by atoms with Gasteiger partial charge in [0.2, 0.25) is 11.8 Å². The van der Waals surface area contributed by atoms with Gasteiger partial charge >= 0.3 is 6.61 Å². The Labute approximate surface area is 285 Å². The van der Waals surface area contributed by atoms with E-state index in [4.69, 9.17) is 9.47 Å². The van der Waals surface area contributed by atoms with Crippen LogP contribution in [0.25, 0.3) is 16.9 Å². The van der Waals surface area contributed by atoms with E-state index >= 15 is 0 Å². The third-order valence-electron chi connectivity index (χ3n) is 8.58. The Bertz CT molecular complexity index is 1800. The van der Waals surface area contributed by atoms with E-state index in [1.54, 1.807) is 29.3 Å². The Morgan fingerprint density at radius 3 is 2.55 bits per heavy atom. The number of hydrogen-bond donors (Lipinski definition) is 1. The highest BCUT2D eigenvalue weighted by atomic mass is 32.2. The average Bonchev–Trinajstić information content (AvgIpc) is 3.71. The zero-order valence-electron chi connectivity index (χ0n) is 27.1. The number of likely N-dealkylation sites (N-methyl/N-ethyl adjacent to an activating group) is 1. The minimum atomic E-state index is -3.10. The highest BCUT2D eigenvalue weighted by Gasteiger charge is 2.27. The Morgan fingerprint density at radius 1 is 1.06 bits per heavy atom. The number of piperidine rings is 1. The minimum Gasteiger partial charge on any atom is -0.434 e. The number of fused-ring (bicyclic) bond motifs is 1. The van der Waals surface area contributed by atoms with Crippen molar-refractivity contribution in [2.75, 3.05) is 64.5 Å². The van der Waals surface area contributed by atoms with Gasteiger partial charge in [0.05, 0.1) is 18.0 Å². The molecule has 0 saturated carbocycles. The predicted octanol–water partition coefficient (Wildman–Crippen LogP) is 2.95. The summed E-state index contributed by atoms with van der Waals surface area (Å²) in [6.07, 6.45) is 8.92. The first-order chi connectivity index (χ1) is 23.7. The number of anilines is 1. The van der Waals surface area contributed by atoms with Crippen molar-refractivity contribution in [2.45, 2.75) is 37.0 Å². The van der Waals surface area contributed by atoms with Crippen molar-refractivity contribution < 1.29 is 32.6 Å². The van der Waals surface area contributed by atoms with Gasteiger partial charge in [-0.3, -0.25) is 19.1 Å². The molecule has 1 aromatic carbocycles. The molecule has 0 atom stereocenters. The fraction of sp³-hybridized carbons (Fsp3) is 0.438. The van der Waals surface area contributed by atoms with E-state index in [0.29, 0.717) is 44.7 Å². The first-order valence-electron chi connectivity index (χ1n) is 15.8. The zero-order chi connectivity index (χ0) is 34.5. The number of hydrogen-bond acceptors (Lipinski definition) is 10. The smallest absolute Gasteiger partial charge is 0.387 e. The lowest BCUT2D eigenvalue weighted by atomic mass is 10.1. The van der Waals surface area contributed by atoms with Crippen LogP contribution in [0, 0.1) is 0 Å². The molecule has 0 radical (unpaired) electrons. The molecular weight excluding hydrogens is 660 g/mol. The Morgan fingerprint density at radius 2 is 1.82 bits per heavy atom. The van der Waals surface area contributed by atoms with Gasteiger partial charge in [-0.05, 0) is 50.4 Å². The van der Waals surface area contributed by atoms with Crippen LogP contribution in [0.15, 0.2) is 53.9 Å². The van der Waals surface area contributed by atoms with Crippen LogP contribution in [0.3, 0.4) is 0 Å². The van der Waals surface area contributed by atoms with Crippen LogP contribution >= 0.6 is 11.8 Å². The fourth-order valence-corrected chi connectivity index (χ4v) is 6.28. The zero-order valence-corrected chi connectivity index (χ0v) is 27.9. The van der Waals surface area contributed by atoms with E-state index in [-0.39, 0.29) is 59.3 Å². The van der Waals surface area contributed by atoms with E-state index in [9.17, 15) is 23.2 Å². The number of nitrogens with one attached hydrogen (secondary N) is 1. The molecule has 3 amide bonds. The molecule has 2 fully saturated rings. The standard InChI is InChI=1S/C32H37F2N9O5S/c1-39-12-14-41(15-13-39)28(45)20-47-21-6-10-40(11-7-21)27(44)19-42-18-25(37-31(46)24-17-36-43-9-3-8-35-30(24)43)29(38-42)23-16-22(49-2)4-5-26(23)48-32(33)34/h3-5,8-9,16-18,21,32H,6-7,10-15,19-20H2,1-2H3,(H,37,46). The second-order valence-electron chi connectivity index (χ2n) is 11.8. The van der Waals surface area contributed by atoms with Gasteiger partial charge in [-0.1, -0.05) is 0 Å². The van der Waals surface area contributed by atoms with E-state index < -0.39 is 12.5 Å². The second-order valence-corrected chi connectivity index (χ2v) is 12.7. The number of amides is 3. The number of benzene rings is 1. The number of carbonyl (C=O) groups excluding carboxylic acids is 3. The van der Waals surface area contributed by atoms with Crippen LogP contribution in [0.2, 0.25) is 0 Å². The molecular formula is C32H37F2N9O5S. The summed E-state index contributed by atoms with van der Waals surface area (Å²) in [5.41, 5.74) is 1.06. The van der Waals surface area contributed by atoms with Crippen LogP contribution in [-0.4, -0.2) is 129 Å². The fourth-order valence-electron chi connectivity index (χ4n) is 5.84. The molecule has 0 aliphatic carbocycles. The van der Waals surface area contributed by atoms with Crippen molar-refractivity contribution in [1.29, 1.82) is 0 Å². The summed E-state index contributed by atoms with van der Waals surface area (Å²) in [7, 11) is 2.03. The molecule has 4 aromatic rings. The SMILES string of the molecule is CSc1ccc(OC(F)F)c(-c2nn(CC(=O)N3CCC(OCC(=O)N4CCN(C)CC4)CC3)cc2NC(=O)c2cnn3cccnc23)c1. The topological polar surface area (TPSA) is 139 Å². The Hall–Kier alpha value is -4.61. The van der Waals surface area contributed by atoms with Crippen molar-refractivity contribution in [2.24, 2.45) is 0 Å². The molecule has 0 bridgehead atoms. The van der Waals surface area contributed by atoms with Crippen LogP contribution in [-0.2, 0) is 20.9 Å². The van der Waals surface area contributed by atoms with Crippen molar-refractivity contribution in [3.05, 3.63) is 54.6 Å². The first kappa shape index (κ1) is 34.3. The lowest BCUT2D eigenvalue weighted by molar-refractivity contribution is -0.143. The van der Waals surface area contributed by atoms with Crippen molar-refractivity contribution >= 4 is 40.8 Å².